The van der Waals surface area contributed by atoms with Gasteiger partial charge in [-0.1, -0.05) is 0 Å². The van der Waals surface area contributed by atoms with Crippen molar-refractivity contribution in [1.29, 1.82) is 0 Å². The molecule has 0 saturated heterocycles. The SMILES string of the molecule is NCCc1nc(C(=O)NCc2ncccc2F)c(C(F)(F)F)s1. The zero-order chi connectivity index (χ0) is 17.0. The molecule has 0 aromatic carbocycles. The highest BCUT2D eigenvalue weighted by Crippen LogP contribution is 2.36. The lowest BCUT2D eigenvalue weighted by atomic mass is 10.3. The molecular weight excluding hydrogens is 336 g/mol. The third kappa shape index (κ3) is 4.23. The van der Waals surface area contributed by atoms with Gasteiger partial charge < -0.3 is 11.1 Å². The van der Waals surface area contributed by atoms with E-state index in [9.17, 15) is 22.4 Å². The molecule has 0 aliphatic carbocycles. The Labute approximate surface area is 132 Å². The van der Waals surface area contributed by atoms with Crippen molar-refractivity contribution in [2.75, 3.05) is 6.54 Å². The van der Waals surface area contributed by atoms with Gasteiger partial charge in [0.2, 0.25) is 0 Å². The van der Waals surface area contributed by atoms with Gasteiger partial charge in [0, 0.05) is 12.6 Å². The van der Waals surface area contributed by atoms with Gasteiger partial charge in [-0.3, -0.25) is 9.78 Å². The maximum atomic E-state index is 13.4. The quantitative estimate of drug-likeness (QED) is 0.811. The Morgan fingerprint density at radius 3 is 2.74 bits per heavy atom. The summed E-state index contributed by atoms with van der Waals surface area (Å²) in [6, 6.07) is 2.50. The molecule has 0 aliphatic rings. The Bertz CT molecular complexity index is 702. The number of pyridine rings is 1. The monoisotopic (exact) mass is 348 g/mol. The van der Waals surface area contributed by atoms with Crippen LogP contribution < -0.4 is 11.1 Å². The zero-order valence-electron chi connectivity index (χ0n) is 11.7. The number of thiazole rings is 1. The first-order valence-electron chi connectivity index (χ1n) is 6.47. The molecule has 0 atom stereocenters. The molecule has 1 amide bonds. The molecule has 0 radical (unpaired) electrons. The van der Waals surface area contributed by atoms with E-state index >= 15 is 0 Å². The van der Waals surface area contributed by atoms with E-state index in [1.165, 1.54) is 12.3 Å². The maximum absolute atomic E-state index is 13.4. The van der Waals surface area contributed by atoms with Crippen LogP contribution in [0.2, 0.25) is 0 Å². The van der Waals surface area contributed by atoms with Crippen LogP contribution in [0, 0.1) is 5.82 Å². The van der Waals surface area contributed by atoms with Crippen LogP contribution in [0.25, 0.3) is 0 Å². The molecule has 23 heavy (non-hydrogen) atoms. The number of hydrogen-bond donors (Lipinski definition) is 2. The highest BCUT2D eigenvalue weighted by molar-refractivity contribution is 7.12. The van der Waals surface area contributed by atoms with Gasteiger partial charge >= 0.3 is 6.18 Å². The number of nitrogens with two attached hydrogens (primary N) is 1. The van der Waals surface area contributed by atoms with Crippen molar-refractivity contribution < 1.29 is 22.4 Å². The summed E-state index contributed by atoms with van der Waals surface area (Å²) in [7, 11) is 0. The largest absolute Gasteiger partial charge is 0.427 e. The third-order valence-corrected chi connectivity index (χ3v) is 3.91. The molecule has 2 aromatic rings. The van der Waals surface area contributed by atoms with Crippen molar-refractivity contribution >= 4 is 17.2 Å². The molecule has 3 N–H and O–H groups in total. The van der Waals surface area contributed by atoms with Crippen LogP contribution in [0.15, 0.2) is 18.3 Å². The second-order valence-corrected chi connectivity index (χ2v) is 5.52. The molecule has 124 valence electrons. The number of nitrogens with zero attached hydrogens (tertiary/aromatic N) is 2. The number of nitrogens with one attached hydrogen (secondary N) is 1. The molecule has 0 spiro atoms. The number of carbonyl (C=O) groups excluding carboxylic acids is 1. The summed E-state index contributed by atoms with van der Waals surface area (Å²) < 4.78 is 52.3. The van der Waals surface area contributed by atoms with Gasteiger partial charge in [0.15, 0.2) is 5.69 Å². The Morgan fingerprint density at radius 1 is 1.39 bits per heavy atom. The molecule has 2 rings (SSSR count). The summed E-state index contributed by atoms with van der Waals surface area (Å²) in [5.41, 5.74) is 4.48. The van der Waals surface area contributed by atoms with E-state index in [-0.39, 0.29) is 30.2 Å². The first-order valence-corrected chi connectivity index (χ1v) is 7.29. The summed E-state index contributed by atoms with van der Waals surface area (Å²) in [4.78, 5) is 18.3. The van der Waals surface area contributed by atoms with E-state index in [4.69, 9.17) is 5.73 Å². The van der Waals surface area contributed by atoms with Crippen molar-refractivity contribution in [3.05, 3.63) is 45.4 Å². The molecule has 0 bridgehead atoms. The Hall–Kier alpha value is -2.07. The molecule has 2 aromatic heterocycles. The predicted molar refractivity (Wildman–Crippen MR) is 75.2 cm³/mol. The van der Waals surface area contributed by atoms with Crippen molar-refractivity contribution in [2.24, 2.45) is 5.73 Å². The maximum Gasteiger partial charge on any atom is 0.427 e. The lowest BCUT2D eigenvalue weighted by molar-refractivity contribution is -0.134. The normalized spacial score (nSPS) is 11.5. The van der Waals surface area contributed by atoms with Crippen molar-refractivity contribution in [3.8, 4) is 0 Å². The fourth-order valence-corrected chi connectivity index (χ4v) is 2.68. The Kier molecular flexibility index (Phi) is 5.26. The number of halogens is 4. The van der Waals surface area contributed by atoms with Crippen LogP contribution in [-0.4, -0.2) is 22.4 Å². The average Bonchev–Trinajstić information content (AvgIpc) is 2.91. The standard InChI is InChI=1S/C13H12F4N4OS/c14-7-2-1-5-19-8(7)6-20-12(22)10-11(13(15,16)17)23-9(21-10)3-4-18/h1-2,5H,3-4,6,18H2,(H,20,22). The van der Waals surface area contributed by atoms with Gasteiger partial charge in [0.25, 0.3) is 5.91 Å². The second kappa shape index (κ2) is 7.01. The first-order chi connectivity index (χ1) is 10.8. The Balaban J connectivity index is 2.19. The van der Waals surface area contributed by atoms with Gasteiger partial charge in [-0.15, -0.1) is 11.3 Å². The van der Waals surface area contributed by atoms with Gasteiger partial charge in [0.1, 0.15) is 10.7 Å². The van der Waals surface area contributed by atoms with Gasteiger partial charge in [-0.2, -0.15) is 13.2 Å². The molecule has 0 unspecified atom stereocenters. The molecule has 0 fully saturated rings. The van der Waals surface area contributed by atoms with Gasteiger partial charge in [-0.25, -0.2) is 9.37 Å². The van der Waals surface area contributed by atoms with E-state index < -0.39 is 28.5 Å². The second-order valence-electron chi connectivity index (χ2n) is 4.44. The summed E-state index contributed by atoms with van der Waals surface area (Å²) >= 11 is 0.378. The molecule has 5 nitrogen and oxygen atoms in total. The summed E-state index contributed by atoms with van der Waals surface area (Å²) in [5.74, 6) is -1.70. The van der Waals surface area contributed by atoms with E-state index in [1.54, 1.807) is 0 Å². The minimum atomic E-state index is -4.70. The van der Waals surface area contributed by atoms with Crippen LogP contribution in [0.4, 0.5) is 17.6 Å². The molecule has 2 heterocycles. The third-order valence-electron chi connectivity index (χ3n) is 2.75. The van der Waals surface area contributed by atoms with Gasteiger partial charge in [-0.05, 0) is 18.7 Å². The number of aromatic nitrogens is 2. The minimum Gasteiger partial charge on any atom is -0.345 e. The average molecular weight is 348 g/mol. The lowest BCUT2D eigenvalue weighted by Crippen LogP contribution is -2.26. The van der Waals surface area contributed by atoms with Crippen LogP contribution >= 0.6 is 11.3 Å². The lowest BCUT2D eigenvalue weighted by Gasteiger charge is -2.07. The summed E-state index contributed by atoms with van der Waals surface area (Å²) in [6.45, 7) is -0.225. The number of amides is 1. The smallest absolute Gasteiger partial charge is 0.345 e. The summed E-state index contributed by atoms with van der Waals surface area (Å²) in [6.07, 6.45) is -3.25. The topological polar surface area (TPSA) is 80.9 Å². The van der Waals surface area contributed by atoms with Crippen LogP contribution in [0.5, 0.6) is 0 Å². The molecule has 0 saturated carbocycles. The highest BCUT2D eigenvalue weighted by Gasteiger charge is 2.39. The van der Waals surface area contributed by atoms with Crippen molar-refractivity contribution in [3.63, 3.8) is 0 Å². The van der Waals surface area contributed by atoms with Gasteiger partial charge in [0.05, 0.1) is 17.2 Å². The number of rotatable bonds is 5. The molecule has 10 heteroatoms. The zero-order valence-corrected chi connectivity index (χ0v) is 12.5. The van der Waals surface area contributed by atoms with Crippen molar-refractivity contribution in [2.45, 2.75) is 19.1 Å². The number of alkyl halides is 3. The van der Waals surface area contributed by atoms with Crippen LogP contribution in [-0.2, 0) is 19.1 Å². The molecule has 0 aliphatic heterocycles. The molecular formula is C13H12F4N4OS. The Morgan fingerprint density at radius 2 is 2.13 bits per heavy atom. The highest BCUT2D eigenvalue weighted by atomic mass is 32.1. The predicted octanol–water partition coefficient (Wildman–Crippen LogP) is 2.13. The fraction of sp³-hybridized carbons (Fsp3) is 0.308. The number of hydrogen-bond acceptors (Lipinski definition) is 5. The minimum absolute atomic E-state index is 0.0770. The summed E-state index contributed by atoms with van der Waals surface area (Å²) in [5, 5.41) is 2.31. The number of carbonyl (C=O) groups is 1. The van der Waals surface area contributed by atoms with E-state index in [0.717, 1.165) is 6.07 Å². The van der Waals surface area contributed by atoms with Crippen LogP contribution in [0.3, 0.4) is 0 Å². The fourth-order valence-electron chi connectivity index (χ4n) is 1.74. The first kappa shape index (κ1) is 17.3. The van der Waals surface area contributed by atoms with Crippen molar-refractivity contribution in [1.82, 2.24) is 15.3 Å². The van der Waals surface area contributed by atoms with E-state index in [0.29, 0.717) is 11.3 Å². The van der Waals surface area contributed by atoms with Crippen LogP contribution in [0.1, 0.15) is 26.1 Å². The van der Waals surface area contributed by atoms with E-state index in [1.807, 2.05) is 0 Å². The van der Waals surface area contributed by atoms with E-state index in [2.05, 4.69) is 15.3 Å².